The van der Waals surface area contributed by atoms with E-state index in [1.807, 2.05) is 30.3 Å². The molecule has 1 saturated heterocycles. The highest BCUT2D eigenvalue weighted by molar-refractivity contribution is 6.43. The predicted molar refractivity (Wildman–Crippen MR) is 131 cm³/mol. The van der Waals surface area contributed by atoms with E-state index in [-0.39, 0.29) is 5.91 Å². The summed E-state index contributed by atoms with van der Waals surface area (Å²) in [6, 6.07) is 11.8. The highest BCUT2D eigenvalue weighted by Crippen LogP contribution is 2.33. The minimum atomic E-state index is 0.0809. The largest absolute Gasteiger partial charge is 0.494 e. The maximum absolute atomic E-state index is 11.5. The van der Waals surface area contributed by atoms with Crippen LogP contribution in [0.1, 0.15) is 24.8 Å². The van der Waals surface area contributed by atoms with E-state index in [4.69, 9.17) is 33.0 Å². The maximum Gasteiger partial charge on any atom is 0.224 e. The van der Waals surface area contributed by atoms with Crippen molar-refractivity contribution in [2.24, 2.45) is 0 Å². The molecule has 0 radical (unpaired) electrons. The van der Waals surface area contributed by atoms with E-state index >= 15 is 0 Å². The van der Waals surface area contributed by atoms with Crippen LogP contribution in [0.4, 0.5) is 11.4 Å². The zero-order valence-electron chi connectivity index (χ0n) is 18.4. The number of nitrogens with zero attached hydrogens (tertiary/aromatic N) is 2. The third kappa shape index (κ3) is 6.51. The lowest BCUT2D eigenvalue weighted by Crippen LogP contribution is -2.46. The highest BCUT2D eigenvalue weighted by Gasteiger charge is 2.19. The van der Waals surface area contributed by atoms with Gasteiger partial charge in [-0.3, -0.25) is 9.69 Å². The van der Waals surface area contributed by atoms with Gasteiger partial charge in [-0.25, -0.2) is 0 Å². The fourth-order valence-corrected chi connectivity index (χ4v) is 4.43. The van der Waals surface area contributed by atoms with Crippen LogP contribution in [-0.2, 0) is 11.2 Å². The van der Waals surface area contributed by atoms with Crippen LogP contribution in [-0.4, -0.2) is 62.4 Å². The van der Waals surface area contributed by atoms with E-state index in [0.29, 0.717) is 23.1 Å². The van der Waals surface area contributed by atoms with E-state index in [2.05, 4.69) is 21.2 Å². The first-order valence-corrected chi connectivity index (χ1v) is 11.8. The van der Waals surface area contributed by atoms with Gasteiger partial charge in [-0.1, -0.05) is 35.3 Å². The predicted octanol–water partition coefficient (Wildman–Crippen LogP) is 4.47. The number of unbranched alkanes of at least 4 members (excludes halogenated alkanes) is 1. The molecular formula is C24H31Cl2N3O3. The number of carbonyl (C=O) groups is 1. The number of aryl methyl sites for hydroxylation is 1. The average molecular weight is 480 g/mol. The summed E-state index contributed by atoms with van der Waals surface area (Å²) < 4.78 is 5.89. The fourth-order valence-electron chi connectivity index (χ4n) is 4.02. The molecule has 2 aliphatic heterocycles. The lowest BCUT2D eigenvalue weighted by molar-refractivity contribution is -0.116. The summed E-state index contributed by atoms with van der Waals surface area (Å²) in [5.74, 6) is 0.903. The lowest BCUT2D eigenvalue weighted by Gasteiger charge is -2.36. The van der Waals surface area contributed by atoms with E-state index in [0.717, 1.165) is 76.2 Å². The van der Waals surface area contributed by atoms with Crippen LogP contribution in [0.3, 0.4) is 0 Å². The summed E-state index contributed by atoms with van der Waals surface area (Å²) in [7, 11) is 1.00. The van der Waals surface area contributed by atoms with Gasteiger partial charge in [-0.2, -0.15) is 0 Å². The number of anilines is 2. The second-order valence-corrected chi connectivity index (χ2v) is 8.61. The summed E-state index contributed by atoms with van der Waals surface area (Å²) in [6.07, 6.45) is 3.47. The molecule has 8 heteroatoms. The number of halogens is 2. The van der Waals surface area contributed by atoms with Gasteiger partial charge in [0.05, 0.1) is 22.3 Å². The van der Waals surface area contributed by atoms with Crippen molar-refractivity contribution in [3.05, 3.63) is 52.0 Å². The van der Waals surface area contributed by atoms with E-state index < -0.39 is 0 Å². The maximum atomic E-state index is 11.5. The van der Waals surface area contributed by atoms with E-state index in [9.17, 15) is 4.79 Å². The van der Waals surface area contributed by atoms with Crippen LogP contribution in [0.5, 0.6) is 5.75 Å². The first-order valence-electron chi connectivity index (χ1n) is 11.0. The molecule has 2 aromatic rings. The van der Waals surface area contributed by atoms with Crippen LogP contribution < -0.4 is 15.0 Å². The summed E-state index contributed by atoms with van der Waals surface area (Å²) in [4.78, 5) is 16.3. The number of aliphatic hydroxyl groups excluding tert-OH is 1. The second kappa shape index (κ2) is 12.3. The molecule has 2 heterocycles. The van der Waals surface area contributed by atoms with Crippen molar-refractivity contribution in [1.29, 1.82) is 0 Å². The molecule has 0 aliphatic carbocycles. The SMILES string of the molecule is CO.O=C1CCc2ccc(OCCCCN3CCN(c4cccc(Cl)c4Cl)CC3)cc2N1. The zero-order chi connectivity index (χ0) is 22.9. The van der Waals surface area contributed by atoms with Gasteiger partial charge in [0.1, 0.15) is 5.75 Å². The standard InChI is InChI=1S/C23H27Cl2N3O2.CH4O/c24-19-4-3-5-21(23(19)25)28-13-11-27(12-14-28)10-1-2-15-30-18-8-6-17-7-9-22(29)26-20(17)16-18;1-2/h3-6,8,16H,1-2,7,9-15H2,(H,26,29);2H,1H3. The lowest BCUT2D eigenvalue weighted by atomic mass is 10.0. The van der Waals surface area contributed by atoms with Crippen LogP contribution in [0, 0.1) is 0 Å². The summed E-state index contributed by atoms with van der Waals surface area (Å²) in [6.45, 7) is 5.71. The van der Waals surface area contributed by atoms with Crippen molar-refractivity contribution in [3.63, 3.8) is 0 Å². The Morgan fingerprint density at radius 1 is 1.03 bits per heavy atom. The Morgan fingerprint density at radius 2 is 1.81 bits per heavy atom. The molecule has 0 atom stereocenters. The Labute approximate surface area is 200 Å². The molecule has 0 unspecified atom stereocenters. The highest BCUT2D eigenvalue weighted by atomic mass is 35.5. The molecule has 2 N–H and O–H groups in total. The van der Waals surface area contributed by atoms with Crippen molar-refractivity contribution in [1.82, 2.24) is 4.90 Å². The molecule has 1 amide bonds. The molecule has 174 valence electrons. The number of benzene rings is 2. The molecule has 2 aromatic carbocycles. The number of piperazine rings is 1. The van der Waals surface area contributed by atoms with Gasteiger partial charge in [0.15, 0.2) is 0 Å². The second-order valence-electron chi connectivity index (χ2n) is 7.82. The molecule has 0 bridgehead atoms. The quantitative estimate of drug-likeness (QED) is 0.573. The third-order valence-electron chi connectivity index (χ3n) is 5.76. The number of carbonyl (C=O) groups excluding carboxylic acids is 1. The molecule has 2 aliphatic rings. The van der Waals surface area contributed by atoms with Crippen molar-refractivity contribution in [2.75, 3.05) is 56.7 Å². The van der Waals surface area contributed by atoms with Crippen LogP contribution >= 0.6 is 23.2 Å². The van der Waals surface area contributed by atoms with Gasteiger partial charge in [-0.15, -0.1) is 0 Å². The Morgan fingerprint density at radius 3 is 2.59 bits per heavy atom. The Bertz CT molecular complexity index is 902. The monoisotopic (exact) mass is 479 g/mol. The molecule has 0 spiro atoms. The van der Waals surface area contributed by atoms with Gasteiger partial charge in [0.25, 0.3) is 0 Å². The molecular weight excluding hydrogens is 449 g/mol. The number of ether oxygens (including phenoxy) is 1. The molecule has 32 heavy (non-hydrogen) atoms. The average Bonchev–Trinajstić information content (AvgIpc) is 2.82. The first-order chi connectivity index (χ1) is 15.6. The van der Waals surface area contributed by atoms with Gasteiger partial charge in [0, 0.05) is 51.5 Å². The molecule has 4 rings (SSSR count). The van der Waals surface area contributed by atoms with Crippen molar-refractivity contribution in [2.45, 2.75) is 25.7 Å². The van der Waals surface area contributed by atoms with Gasteiger partial charge in [-0.05, 0) is 49.6 Å². The van der Waals surface area contributed by atoms with Crippen molar-refractivity contribution in [3.8, 4) is 5.75 Å². The van der Waals surface area contributed by atoms with Crippen LogP contribution in [0.2, 0.25) is 10.0 Å². The van der Waals surface area contributed by atoms with Gasteiger partial charge in [0.2, 0.25) is 5.91 Å². The normalized spacial score (nSPS) is 16.0. The van der Waals surface area contributed by atoms with E-state index in [1.54, 1.807) is 0 Å². The number of amides is 1. The van der Waals surface area contributed by atoms with Crippen LogP contribution in [0.15, 0.2) is 36.4 Å². The van der Waals surface area contributed by atoms with Crippen molar-refractivity contribution >= 4 is 40.5 Å². The Hall–Kier alpha value is -1.99. The molecule has 0 saturated carbocycles. The molecule has 6 nitrogen and oxygen atoms in total. The summed E-state index contributed by atoms with van der Waals surface area (Å²) in [5, 5.41) is 11.2. The zero-order valence-corrected chi connectivity index (χ0v) is 20.0. The number of hydrogen-bond donors (Lipinski definition) is 2. The third-order valence-corrected chi connectivity index (χ3v) is 6.57. The summed E-state index contributed by atoms with van der Waals surface area (Å²) in [5.41, 5.74) is 3.10. The number of rotatable bonds is 7. The molecule has 0 aromatic heterocycles. The number of hydrogen-bond acceptors (Lipinski definition) is 5. The first kappa shape index (κ1) is 24.6. The number of aliphatic hydroxyl groups is 1. The summed E-state index contributed by atoms with van der Waals surface area (Å²) >= 11 is 12.5. The fraction of sp³-hybridized carbons (Fsp3) is 0.458. The topological polar surface area (TPSA) is 65.0 Å². The van der Waals surface area contributed by atoms with Gasteiger partial charge >= 0.3 is 0 Å². The Balaban J connectivity index is 0.00000141. The van der Waals surface area contributed by atoms with E-state index in [1.165, 1.54) is 5.56 Å². The smallest absolute Gasteiger partial charge is 0.224 e. The minimum Gasteiger partial charge on any atom is -0.494 e. The number of nitrogens with one attached hydrogen (secondary N) is 1. The van der Waals surface area contributed by atoms with Gasteiger partial charge < -0.3 is 20.1 Å². The number of fused-ring (bicyclic) bond motifs is 1. The molecule has 1 fully saturated rings. The van der Waals surface area contributed by atoms with Crippen molar-refractivity contribution < 1.29 is 14.6 Å². The Kier molecular flexibility index (Phi) is 9.48. The minimum absolute atomic E-state index is 0.0809. The van der Waals surface area contributed by atoms with Crippen LogP contribution in [0.25, 0.3) is 0 Å².